The van der Waals surface area contributed by atoms with E-state index in [4.69, 9.17) is 0 Å². The molecule has 0 saturated heterocycles. The number of allylic oxidation sites excluding steroid dienone is 2. The van der Waals surface area contributed by atoms with Crippen LogP contribution in [0.3, 0.4) is 0 Å². The Bertz CT molecular complexity index is 1070. The molecule has 0 fully saturated rings. The minimum absolute atomic E-state index is 0.457. The molecule has 3 aromatic carbocycles. The number of benzene rings is 3. The van der Waals surface area contributed by atoms with Gasteiger partial charge in [0.1, 0.15) is 0 Å². The van der Waals surface area contributed by atoms with Crippen molar-refractivity contribution in [2.45, 2.75) is 38.5 Å². The summed E-state index contributed by atoms with van der Waals surface area (Å²) in [7, 11) is 0. The van der Waals surface area contributed by atoms with Crippen LogP contribution in [0.2, 0.25) is 0 Å². The van der Waals surface area contributed by atoms with Gasteiger partial charge >= 0.3 is 0 Å². The Labute approximate surface area is 168 Å². The van der Waals surface area contributed by atoms with Gasteiger partial charge in [0.2, 0.25) is 0 Å². The van der Waals surface area contributed by atoms with Gasteiger partial charge in [0.25, 0.3) is 0 Å². The predicted molar refractivity (Wildman–Crippen MR) is 120 cm³/mol. The van der Waals surface area contributed by atoms with Crippen molar-refractivity contribution in [2.75, 3.05) is 0 Å². The lowest BCUT2D eigenvalue weighted by Crippen LogP contribution is -2.03. The van der Waals surface area contributed by atoms with Gasteiger partial charge in [0, 0.05) is 5.92 Å². The second kappa shape index (κ2) is 7.28. The molecule has 3 aromatic rings. The van der Waals surface area contributed by atoms with E-state index in [9.17, 15) is 0 Å². The molecule has 2 aliphatic rings. The molecule has 0 N–H and O–H groups in total. The zero-order valence-corrected chi connectivity index (χ0v) is 16.5. The highest BCUT2D eigenvalue weighted by Gasteiger charge is 2.30. The maximum Gasteiger partial charge on any atom is 0.0273 e. The van der Waals surface area contributed by atoms with Crippen molar-refractivity contribution in [2.24, 2.45) is 0 Å². The van der Waals surface area contributed by atoms with Gasteiger partial charge in [-0.1, -0.05) is 109 Å². The topological polar surface area (TPSA) is 0 Å². The fraction of sp³-hybridized carbons (Fsp3) is 0.214. The van der Waals surface area contributed by atoms with Gasteiger partial charge in [0.15, 0.2) is 0 Å². The van der Waals surface area contributed by atoms with E-state index < -0.39 is 0 Å². The molecule has 5 rings (SSSR count). The molecule has 0 heterocycles. The molecule has 0 radical (unpaired) electrons. The maximum atomic E-state index is 2.49. The molecule has 0 aromatic heterocycles. The van der Waals surface area contributed by atoms with Gasteiger partial charge in [-0.15, -0.1) is 0 Å². The lowest BCUT2D eigenvalue weighted by Gasteiger charge is -2.18. The standard InChI is InChI=1S/C28H26/c1-2-3-10-23-17-21-13-7-8-15-26(21)28(23)24-18-22-14-9-16-25(27(22)19-24)20-11-5-4-6-12-20/h4-9,11-17,19,28H,2-3,10,18H2,1H3. The van der Waals surface area contributed by atoms with E-state index in [1.165, 1.54) is 52.6 Å². The van der Waals surface area contributed by atoms with Crippen LogP contribution in [-0.2, 0) is 6.42 Å². The molecular weight excluding hydrogens is 336 g/mol. The smallest absolute Gasteiger partial charge is 0.0273 e. The second-order valence-corrected chi connectivity index (χ2v) is 8.03. The van der Waals surface area contributed by atoms with Crippen molar-refractivity contribution in [3.05, 3.63) is 106 Å². The second-order valence-electron chi connectivity index (χ2n) is 8.03. The number of fused-ring (bicyclic) bond motifs is 2. The molecule has 0 heteroatoms. The molecule has 138 valence electrons. The molecule has 0 nitrogen and oxygen atoms in total. The van der Waals surface area contributed by atoms with Gasteiger partial charge in [0.05, 0.1) is 0 Å². The van der Waals surface area contributed by atoms with E-state index in [0.29, 0.717) is 5.92 Å². The molecule has 1 unspecified atom stereocenters. The predicted octanol–water partition coefficient (Wildman–Crippen LogP) is 7.66. The summed E-state index contributed by atoms with van der Waals surface area (Å²) in [4.78, 5) is 0. The summed E-state index contributed by atoms with van der Waals surface area (Å²) >= 11 is 0. The van der Waals surface area contributed by atoms with Gasteiger partial charge in [-0.05, 0) is 52.6 Å². The van der Waals surface area contributed by atoms with Crippen molar-refractivity contribution in [1.82, 2.24) is 0 Å². The minimum Gasteiger partial charge on any atom is -0.0654 e. The van der Waals surface area contributed by atoms with E-state index in [2.05, 4.69) is 91.9 Å². The molecular formula is C28H26. The Morgan fingerprint density at radius 3 is 2.50 bits per heavy atom. The van der Waals surface area contributed by atoms with E-state index in [1.807, 2.05) is 0 Å². The molecule has 0 bridgehead atoms. The molecule has 28 heavy (non-hydrogen) atoms. The van der Waals surface area contributed by atoms with Gasteiger partial charge in [-0.3, -0.25) is 0 Å². The Hall–Kier alpha value is -2.86. The first kappa shape index (κ1) is 17.3. The first-order chi connectivity index (χ1) is 13.8. The van der Waals surface area contributed by atoms with Crippen molar-refractivity contribution >= 4 is 12.2 Å². The Kier molecular flexibility index (Phi) is 4.49. The van der Waals surface area contributed by atoms with Crippen molar-refractivity contribution in [1.29, 1.82) is 0 Å². The molecule has 0 amide bonds. The zero-order chi connectivity index (χ0) is 18.9. The first-order valence-electron chi connectivity index (χ1n) is 10.5. The van der Waals surface area contributed by atoms with Crippen LogP contribution in [0.5, 0.6) is 0 Å². The van der Waals surface area contributed by atoms with Crippen LogP contribution in [0.15, 0.2) is 83.9 Å². The summed E-state index contributed by atoms with van der Waals surface area (Å²) in [6.07, 6.45) is 9.74. The van der Waals surface area contributed by atoms with E-state index in [0.717, 1.165) is 6.42 Å². The largest absolute Gasteiger partial charge is 0.0654 e. The summed E-state index contributed by atoms with van der Waals surface area (Å²) < 4.78 is 0. The fourth-order valence-electron chi connectivity index (χ4n) is 4.87. The van der Waals surface area contributed by atoms with Crippen LogP contribution in [0.4, 0.5) is 0 Å². The summed E-state index contributed by atoms with van der Waals surface area (Å²) in [5, 5.41) is 0. The van der Waals surface area contributed by atoms with Crippen molar-refractivity contribution in [3.63, 3.8) is 0 Å². The van der Waals surface area contributed by atoms with Crippen LogP contribution >= 0.6 is 0 Å². The average molecular weight is 363 g/mol. The van der Waals surface area contributed by atoms with Crippen LogP contribution < -0.4 is 0 Å². The summed E-state index contributed by atoms with van der Waals surface area (Å²) in [5.74, 6) is 0.457. The van der Waals surface area contributed by atoms with E-state index >= 15 is 0 Å². The highest BCUT2D eigenvalue weighted by molar-refractivity contribution is 5.83. The molecule has 0 saturated carbocycles. The van der Waals surface area contributed by atoms with Crippen LogP contribution in [0, 0.1) is 0 Å². The first-order valence-corrected chi connectivity index (χ1v) is 10.5. The van der Waals surface area contributed by atoms with Gasteiger partial charge < -0.3 is 0 Å². The lowest BCUT2D eigenvalue weighted by molar-refractivity contribution is 0.746. The number of hydrogen-bond donors (Lipinski definition) is 0. The minimum atomic E-state index is 0.457. The van der Waals surface area contributed by atoms with Gasteiger partial charge in [-0.2, -0.15) is 0 Å². The third-order valence-corrected chi connectivity index (χ3v) is 6.21. The highest BCUT2D eigenvalue weighted by Crippen LogP contribution is 2.47. The Morgan fingerprint density at radius 1 is 0.821 bits per heavy atom. The molecule has 1 atom stereocenters. The molecule has 2 aliphatic carbocycles. The monoisotopic (exact) mass is 362 g/mol. The quantitative estimate of drug-likeness (QED) is 0.437. The third-order valence-electron chi connectivity index (χ3n) is 6.21. The zero-order valence-electron chi connectivity index (χ0n) is 16.5. The fourth-order valence-corrected chi connectivity index (χ4v) is 4.87. The molecule has 0 aliphatic heterocycles. The summed E-state index contributed by atoms with van der Waals surface area (Å²) in [6.45, 7) is 2.29. The number of unbranched alkanes of at least 4 members (excludes halogenated alkanes) is 1. The highest BCUT2D eigenvalue weighted by atomic mass is 14.3. The Balaban J connectivity index is 1.57. The van der Waals surface area contributed by atoms with Crippen LogP contribution in [0.1, 0.15) is 54.4 Å². The van der Waals surface area contributed by atoms with Gasteiger partial charge in [-0.25, -0.2) is 0 Å². The van der Waals surface area contributed by atoms with Crippen LogP contribution in [0.25, 0.3) is 23.3 Å². The SMILES string of the molecule is CCCCC1=Cc2ccccc2C1C1=Cc2c(cccc2-c2ccccc2)C1. The van der Waals surface area contributed by atoms with Crippen LogP contribution in [-0.4, -0.2) is 0 Å². The maximum absolute atomic E-state index is 2.49. The van der Waals surface area contributed by atoms with E-state index in [1.54, 1.807) is 11.1 Å². The van der Waals surface area contributed by atoms with Crippen molar-refractivity contribution < 1.29 is 0 Å². The normalized spacial score (nSPS) is 17.1. The Morgan fingerprint density at radius 2 is 1.64 bits per heavy atom. The molecule has 0 spiro atoms. The lowest BCUT2D eigenvalue weighted by atomic mass is 9.85. The van der Waals surface area contributed by atoms with Crippen molar-refractivity contribution in [3.8, 4) is 11.1 Å². The third kappa shape index (κ3) is 2.94. The number of hydrogen-bond acceptors (Lipinski definition) is 0. The summed E-state index contributed by atoms with van der Waals surface area (Å²) in [6, 6.07) is 26.6. The number of rotatable bonds is 5. The average Bonchev–Trinajstić information content (AvgIpc) is 3.33. The summed E-state index contributed by atoms with van der Waals surface area (Å²) in [5.41, 5.74) is 11.6. The van der Waals surface area contributed by atoms with E-state index in [-0.39, 0.29) is 0 Å².